The van der Waals surface area contributed by atoms with Crippen molar-refractivity contribution in [2.45, 2.75) is 63.4 Å². The summed E-state index contributed by atoms with van der Waals surface area (Å²) in [4.78, 5) is 23.6. The van der Waals surface area contributed by atoms with Gasteiger partial charge in [-0.3, -0.25) is 14.9 Å². The number of nitriles is 1. The van der Waals surface area contributed by atoms with Gasteiger partial charge in [-0.05, 0) is 43.5 Å². The highest BCUT2D eigenvalue weighted by Crippen LogP contribution is 2.47. The van der Waals surface area contributed by atoms with Crippen LogP contribution in [0.15, 0.2) is 36.4 Å². The van der Waals surface area contributed by atoms with Gasteiger partial charge in [-0.25, -0.2) is 0 Å². The van der Waals surface area contributed by atoms with E-state index in [1.807, 2.05) is 6.92 Å². The summed E-state index contributed by atoms with van der Waals surface area (Å²) in [6, 6.07) is 11.4. The Morgan fingerprint density at radius 2 is 1.74 bits per heavy atom. The van der Waals surface area contributed by atoms with Gasteiger partial charge in [-0.1, -0.05) is 19.1 Å². The lowest BCUT2D eigenvalue weighted by atomic mass is 9.74. The van der Waals surface area contributed by atoms with Crippen LogP contribution in [0.25, 0.3) is 0 Å². The van der Waals surface area contributed by atoms with Crippen LogP contribution in [0, 0.1) is 21.4 Å². The van der Waals surface area contributed by atoms with Gasteiger partial charge in [-0.15, -0.1) is 0 Å². The van der Waals surface area contributed by atoms with Crippen molar-refractivity contribution in [3.63, 3.8) is 0 Å². The molecule has 3 atom stereocenters. The van der Waals surface area contributed by atoms with E-state index in [9.17, 15) is 20.2 Å². The van der Waals surface area contributed by atoms with Crippen molar-refractivity contribution < 1.29 is 38.1 Å². The molecule has 204 valence electrons. The van der Waals surface area contributed by atoms with Crippen molar-refractivity contribution in [3.05, 3.63) is 52.1 Å². The largest absolute Gasteiger partial charge is 0.493 e. The fourth-order valence-corrected chi connectivity index (χ4v) is 4.73. The average molecular weight is 529 g/mol. The van der Waals surface area contributed by atoms with E-state index in [4.69, 9.17) is 28.4 Å². The summed E-state index contributed by atoms with van der Waals surface area (Å²) in [5.74, 6) is 1.39. The molecule has 0 N–H and O–H groups in total. The molecule has 38 heavy (non-hydrogen) atoms. The first-order chi connectivity index (χ1) is 18.2. The summed E-state index contributed by atoms with van der Waals surface area (Å²) >= 11 is 0. The third kappa shape index (κ3) is 5.85. The van der Waals surface area contributed by atoms with Crippen LogP contribution in [-0.2, 0) is 14.9 Å². The van der Waals surface area contributed by atoms with Gasteiger partial charge in [0.1, 0.15) is 0 Å². The molecule has 11 heteroatoms. The average Bonchev–Trinajstić information content (AvgIpc) is 3.33. The van der Waals surface area contributed by atoms with Crippen LogP contribution in [0.5, 0.6) is 28.7 Å². The van der Waals surface area contributed by atoms with Gasteiger partial charge >= 0.3 is 5.97 Å². The highest BCUT2D eigenvalue weighted by molar-refractivity contribution is 5.66. The third-order valence-corrected chi connectivity index (χ3v) is 6.71. The molecule has 1 aliphatic heterocycles. The molecule has 0 fully saturated rings. The molecular weight excluding hydrogens is 496 g/mol. The summed E-state index contributed by atoms with van der Waals surface area (Å²) in [5.41, 5.74) is -0.583. The van der Waals surface area contributed by atoms with Gasteiger partial charge in [0.05, 0.1) is 39.2 Å². The molecule has 0 spiro atoms. The minimum absolute atomic E-state index is 0.0315. The molecule has 11 nitrogen and oxygen atoms in total. The summed E-state index contributed by atoms with van der Waals surface area (Å²) < 4.78 is 33.3. The fraction of sp³-hybridized carbons (Fsp3) is 0.481. The van der Waals surface area contributed by atoms with Gasteiger partial charge in [0.15, 0.2) is 29.1 Å². The van der Waals surface area contributed by atoms with E-state index in [1.165, 1.54) is 28.3 Å². The van der Waals surface area contributed by atoms with Gasteiger partial charge in [0.25, 0.3) is 6.04 Å². The standard InChI is InChI=1S/C27H32N2O9/c1-6-27(16-28,18-11-12-23(33-3)26(35-5)25(18)34-4)14-13-20(36-17(2)30)19(29(31)32)15-24-37-21-9-7-8-10-22(21)38-24/h7-12,19-20,24H,6,13-15H2,1-5H3. The van der Waals surface area contributed by atoms with Crippen molar-refractivity contribution in [2.75, 3.05) is 21.3 Å². The maximum atomic E-state index is 12.2. The Kier molecular flexibility index (Phi) is 9.23. The quantitative estimate of drug-likeness (QED) is 0.208. The van der Waals surface area contributed by atoms with E-state index in [1.54, 1.807) is 36.4 Å². The van der Waals surface area contributed by atoms with E-state index in [0.29, 0.717) is 40.7 Å². The van der Waals surface area contributed by atoms with Gasteiger partial charge in [0.2, 0.25) is 12.0 Å². The first-order valence-corrected chi connectivity index (χ1v) is 12.2. The maximum Gasteiger partial charge on any atom is 0.303 e. The smallest absolute Gasteiger partial charge is 0.303 e. The number of hydrogen-bond acceptors (Lipinski definition) is 10. The zero-order valence-corrected chi connectivity index (χ0v) is 22.1. The Bertz CT molecular complexity index is 1170. The highest BCUT2D eigenvalue weighted by atomic mass is 16.7. The van der Waals surface area contributed by atoms with Gasteiger partial charge in [-0.2, -0.15) is 5.26 Å². The second-order valence-corrected chi connectivity index (χ2v) is 8.82. The fourth-order valence-electron chi connectivity index (χ4n) is 4.73. The molecule has 3 unspecified atom stereocenters. The van der Waals surface area contributed by atoms with Crippen molar-refractivity contribution in [1.29, 1.82) is 5.26 Å². The van der Waals surface area contributed by atoms with Crippen LogP contribution in [-0.4, -0.2) is 50.7 Å². The molecule has 0 saturated carbocycles. The van der Waals surface area contributed by atoms with Crippen LogP contribution in [0.2, 0.25) is 0 Å². The molecule has 3 rings (SSSR count). The molecule has 0 bridgehead atoms. The van der Waals surface area contributed by atoms with Crippen LogP contribution in [0.4, 0.5) is 0 Å². The number of methoxy groups -OCH3 is 3. The lowest BCUT2D eigenvalue weighted by Gasteiger charge is -2.31. The normalized spacial score (nSPS) is 15.5. The van der Waals surface area contributed by atoms with Crippen molar-refractivity contribution in [3.8, 4) is 34.8 Å². The second-order valence-electron chi connectivity index (χ2n) is 8.82. The molecule has 0 aromatic heterocycles. The number of ether oxygens (including phenoxy) is 6. The van der Waals surface area contributed by atoms with E-state index >= 15 is 0 Å². The third-order valence-electron chi connectivity index (χ3n) is 6.71. The number of nitro groups is 1. The Hall–Kier alpha value is -4.20. The van der Waals surface area contributed by atoms with Crippen LogP contribution >= 0.6 is 0 Å². The Balaban J connectivity index is 1.90. The number of hydrogen-bond donors (Lipinski definition) is 0. The maximum absolute atomic E-state index is 12.2. The summed E-state index contributed by atoms with van der Waals surface area (Å²) in [7, 11) is 4.42. The molecule has 1 aliphatic rings. The van der Waals surface area contributed by atoms with Gasteiger partial charge in [0, 0.05) is 17.4 Å². The summed E-state index contributed by atoms with van der Waals surface area (Å²) in [5, 5.41) is 22.5. The summed E-state index contributed by atoms with van der Waals surface area (Å²) in [6.45, 7) is 3.03. The molecule has 2 aromatic rings. The number of fused-ring (bicyclic) bond motifs is 1. The molecule has 0 radical (unpaired) electrons. The predicted octanol–water partition coefficient (Wildman–Crippen LogP) is 4.43. The topological polar surface area (TPSA) is 139 Å². The molecule has 0 aliphatic carbocycles. The number of para-hydroxylation sites is 2. The predicted molar refractivity (Wildman–Crippen MR) is 135 cm³/mol. The number of esters is 1. The number of benzene rings is 2. The lowest BCUT2D eigenvalue weighted by molar-refractivity contribution is -0.537. The first-order valence-electron chi connectivity index (χ1n) is 12.2. The van der Waals surface area contributed by atoms with Crippen LogP contribution in [0.3, 0.4) is 0 Å². The van der Waals surface area contributed by atoms with E-state index in [2.05, 4.69) is 6.07 Å². The second kappa shape index (κ2) is 12.4. The molecule has 1 heterocycles. The van der Waals surface area contributed by atoms with E-state index in [-0.39, 0.29) is 19.3 Å². The number of carbonyl (C=O) groups excluding carboxylic acids is 1. The zero-order chi connectivity index (χ0) is 27.9. The number of nitrogens with zero attached hydrogens (tertiary/aromatic N) is 2. The molecule has 0 amide bonds. The van der Waals surface area contributed by atoms with Crippen molar-refractivity contribution in [2.24, 2.45) is 0 Å². The molecule has 0 saturated heterocycles. The first kappa shape index (κ1) is 28.4. The lowest BCUT2D eigenvalue weighted by Crippen LogP contribution is -2.42. The SMILES string of the molecule is CCC(C#N)(CCC(OC(C)=O)C(CC1Oc2ccccc2O1)[N+](=O)[O-])c1ccc(OC)c(OC)c1OC. The number of rotatable bonds is 13. The van der Waals surface area contributed by atoms with E-state index < -0.39 is 34.7 Å². The minimum atomic E-state index is -1.33. The van der Waals surface area contributed by atoms with Crippen molar-refractivity contribution >= 4 is 5.97 Å². The minimum Gasteiger partial charge on any atom is -0.493 e. The molecular formula is C27H32N2O9. The van der Waals surface area contributed by atoms with Crippen LogP contribution in [0.1, 0.15) is 45.1 Å². The van der Waals surface area contributed by atoms with E-state index in [0.717, 1.165) is 0 Å². The van der Waals surface area contributed by atoms with Crippen molar-refractivity contribution in [1.82, 2.24) is 0 Å². The summed E-state index contributed by atoms with van der Waals surface area (Å²) in [6.07, 6.45) is -1.69. The Labute approximate surface area is 221 Å². The van der Waals surface area contributed by atoms with Crippen LogP contribution < -0.4 is 23.7 Å². The molecule has 2 aromatic carbocycles. The van der Waals surface area contributed by atoms with Gasteiger partial charge < -0.3 is 28.4 Å². The number of carbonyl (C=O) groups is 1. The zero-order valence-electron chi connectivity index (χ0n) is 22.1. The Morgan fingerprint density at radius 3 is 2.21 bits per heavy atom. The Morgan fingerprint density at radius 1 is 1.11 bits per heavy atom. The highest BCUT2D eigenvalue weighted by Gasteiger charge is 2.43. The monoisotopic (exact) mass is 528 g/mol.